The van der Waals surface area contributed by atoms with E-state index in [1.807, 2.05) is 6.07 Å². The maximum atomic E-state index is 13.1. The Balaban J connectivity index is 1.42. The Hall–Kier alpha value is -2.66. The minimum atomic E-state index is -3.80. The fourth-order valence-electron chi connectivity index (χ4n) is 3.98. The molecule has 34 heavy (non-hydrogen) atoms. The average molecular weight is 491 g/mol. The molecule has 0 aromatic heterocycles. The molecule has 2 heterocycles. The topological polar surface area (TPSA) is 103 Å². The van der Waals surface area contributed by atoms with Gasteiger partial charge in [0.25, 0.3) is 5.91 Å². The van der Waals surface area contributed by atoms with Crippen molar-refractivity contribution in [2.75, 3.05) is 46.6 Å². The van der Waals surface area contributed by atoms with Crippen molar-refractivity contribution in [3.05, 3.63) is 53.6 Å². The first-order chi connectivity index (χ1) is 16.5. The Morgan fingerprint density at radius 2 is 1.91 bits per heavy atom. The van der Waals surface area contributed by atoms with Crippen molar-refractivity contribution < 1.29 is 32.2 Å². The molecule has 0 radical (unpaired) electrons. The Morgan fingerprint density at radius 3 is 2.65 bits per heavy atom. The zero-order valence-electron chi connectivity index (χ0n) is 19.2. The van der Waals surface area contributed by atoms with Gasteiger partial charge in [-0.25, -0.2) is 8.42 Å². The first-order valence-corrected chi connectivity index (χ1v) is 12.8. The number of methoxy groups -OCH3 is 1. The van der Waals surface area contributed by atoms with Gasteiger partial charge in [0.2, 0.25) is 10.0 Å². The predicted molar refractivity (Wildman–Crippen MR) is 125 cm³/mol. The van der Waals surface area contributed by atoms with Crippen molar-refractivity contribution in [3.8, 4) is 11.5 Å². The Bertz CT molecular complexity index is 1090. The minimum Gasteiger partial charge on any atom is -0.493 e. The van der Waals surface area contributed by atoms with Crippen LogP contribution in [0.15, 0.2) is 47.4 Å². The molecule has 0 bridgehead atoms. The predicted octanol–water partition coefficient (Wildman–Crippen LogP) is 2.20. The second-order valence-corrected chi connectivity index (χ2v) is 10.0. The SMILES string of the molecule is COc1cc(CNC(=O)c2ccccc2S(=O)(=O)N2CCOCC2)ccc1OCC1CCCO1. The summed E-state index contributed by atoms with van der Waals surface area (Å²) in [6, 6.07) is 11.7. The highest BCUT2D eigenvalue weighted by Crippen LogP contribution is 2.29. The van der Waals surface area contributed by atoms with Crippen molar-refractivity contribution in [3.63, 3.8) is 0 Å². The molecule has 2 aliphatic rings. The Labute approximate surface area is 200 Å². The van der Waals surface area contributed by atoms with Crippen LogP contribution in [0.4, 0.5) is 0 Å². The smallest absolute Gasteiger partial charge is 0.252 e. The van der Waals surface area contributed by atoms with Gasteiger partial charge in [0.1, 0.15) is 6.61 Å². The lowest BCUT2D eigenvalue weighted by Gasteiger charge is -2.26. The average Bonchev–Trinajstić information content (AvgIpc) is 3.40. The van der Waals surface area contributed by atoms with Gasteiger partial charge in [-0.15, -0.1) is 0 Å². The second kappa shape index (κ2) is 11.2. The highest BCUT2D eigenvalue weighted by Gasteiger charge is 2.30. The first kappa shape index (κ1) is 24.5. The van der Waals surface area contributed by atoms with Crippen LogP contribution in [-0.4, -0.2) is 71.4 Å². The van der Waals surface area contributed by atoms with Crippen LogP contribution in [0.3, 0.4) is 0 Å². The number of carbonyl (C=O) groups is 1. The van der Waals surface area contributed by atoms with E-state index in [0.717, 1.165) is 25.0 Å². The fourth-order valence-corrected chi connectivity index (χ4v) is 5.58. The van der Waals surface area contributed by atoms with Gasteiger partial charge in [0.05, 0.1) is 36.9 Å². The molecule has 0 aliphatic carbocycles. The summed E-state index contributed by atoms with van der Waals surface area (Å²) in [5.74, 6) is 0.695. The van der Waals surface area contributed by atoms with Crippen molar-refractivity contribution >= 4 is 15.9 Å². The van der Waals surface area contributed by atoms with E-state index in [0.29, 0.717) is 31.3 Å². The number of ether oxygens (including phenoxy) is 4. The van der Waals surface area contributed by atoms with Crippen LogP contribution >= 0.6 is 0 Å². The van der Waals surface area contributed by atoms with Crippen molar-refractivity contribution in [2.24, 2.45) is 0 Å². The number of amides is 1. The summed E-state index contributed by atoms with van der Waals surface area (Å²) in [4.78, 5) is 12.9. The largest absolute Gasteiger partial charge is 0.493 e. The van der Waals surface area contributed by atoms with Crippen LogP contribution in [-0.2, 0) is 26.0 Å². The summed E-state index contributed by atoms with van der Waals surface area (Å²) in [5.41, 5.74) is 0.903. The highest BCUT2D eigenvalue weighted by molar-refractivity contribution is 7.89. The third-order valence-corrected chi connectivity index (χ3v) is 7.81. The van der Waals surface area contributed by atoms with Crippen LogP contribution in [0.1, 0.15) is 28.8 Å². The van der Waals surface area contributed by atoms with E-state index < -0.39 is 15.9 Å². The standard InChI is InChI=1S/C24H30N2O7S/c1-30-22-15-18(8-9-21(22)33-17-19-5-4-12-32-19)16-25-24(27)20-6-2-3-7-23(20)34(28,29)26-10-13-31-14-11-26/h2-3,6-9,15,19H,4-5,10-14,16-17H2,1H3,(H,25,27). The summed E-state index contributed by atoms with van der Waals surface area (Å²) >= 11 is 0. The summed E-state index contributed by atoms with van der Waals surface area (Å²) in [6.45, 7) is 2.62. The number of carbonyl (C=O) groups excluding carboxylic acids is 1. The third kappa shape index (κ3) is 5.69. The highest BCUT2D eigenvalue weighted by atomic mass is 32.2. The molecule has 2 aromatic carbocycles. The lowest BCUT2D eigenvalue weighted by Crippen LogP contribution is -2.41. The van der Waals surface area contributed by atoms with Gasteiger partial charge in [-0.2, -0.15) is 4.31 Å². The van der Waals surface area contributed by atoms with Crippen LogP contribution in [0, 0.1) is 0 Å². The Kier molecular flexibility index (Phi) is 8.04. The lowest BCUT2D eigenvalue weighted by molar-refractivity contribution is 0.0669. The number of rotatable bonds is 9. The van der Waals surface area contributed by atoms with Gasteiger partial charge in [-0.3, -0.25) is 4.79 Å². The third-order valence-electron chi connectivity index (χ3n) is 5.85. The molecule has 1 atom stereocenters. The van der Waals surface area contributed by atoms with Crippen LogP contribution in [0.5, 0.6) is 11.5 Å². The van der Waals surface area contributed by atoms with Gasteiger partial charge in [-0.1, -0.05) is 18.2 Å². The van der Waals surface area contributed by atoms with Crippen LogP contribution in [0.2, 0.25) is 0 Å². The molecule has 2 aromatic rings. The summed E-state index contributed by atoms with van der Waals surface area (Å²) in [7, 11) is -2.25. The molecule has 1 N–H and O–H groups in total. The second-order valence-electron chi connectivity index (χ2n) is 8.13. The van der Waals surface area contributed by atoms with E-state index in [9.17, 15) is 13.2 Å². The molecule has 4 rings (SSSR count). The van der Waals surface area contributed by atoms with E-state index in [-0.39, 0.29) is 36.2 Å². The van der Waals surface area contributed by atoms with Gasteiger partial charge < -0.3 is 24.3 Å². The molecule has 1 amide bonds. The summed E-state index contributed by atoms with van der Waals surface area (Å²) < 4.78 is 49.7. The number of benzene rings is 2. The summed E-state index contributed by atoms with van der Waals surface area (Å²) in [5, 5.41) is 2.82. The van der Waals surface area contributed by atoms with Gasteiger partial charge in [0.15, 0.2) is 11.5 Å². The number of hydrogen-bond donors (Lipinski definition) is 1. The molecule has 10 heteroatoms. The van der Waals surface area contributed by atoms with Gasteiger partial charge in [-0.05, 0) is 42.7 Å². The molecule has 184 valence electrons. The molecule has 2 fully saturated rings. The van der Waals surface area contributed by atoms with E-state index in [4.69, 9.17) is 18.9 Å². The zero-order valence-corrected chi connectivity index (χ0v) is 20.0. The maximum Gasteiger partial charge on any atom is 0.252 e. The van der Waals surface area contributed by atoms with E-state index in [1.54, 1.807) is 31.4 Å². The monoisotopic (exact) mass is 490 g/mol. The molecule has 0 spiro atoms. The van der Waals surface area contributed by atoms with E-state index >= 15 is 0 Å². The fraction of sp³-hybridized carbons (Fsp3) is 0.458. The van der Waals surface area contributed by atoms with Gasteiger partial charge >= 0.3 is 0 Å². The van der Waals surface area contributed by atoms with Crippen LogP contribution in [0.25, 0.3) is 0 Å². The number of nitrogens with one attached hydrogen (secondary N) is 1. The minimum absolute atomic E-state index is 0.00939. The normalized spacial score (nSPS) is 19.0. The molecular weight excluding hydrogens is 460 g/mol. The quantitative estimate of drug-likeness (QED) is 0.575. The van der Waals surface area contributed by atoms with Crippen molar-refractivity contribution in [1.82, 2.24) is 9.62 Å². The first-order valence-electron chi connectivity index (χ1n) is 11.4. The number of sulfonamides is 1. The molecule has 1 unspecified atom stereocenters. The molecule has 2 saturated heterocycles. The Morgan fingerprint density at radius 1 is 1.12 bits per heavy atom. The van der Waals surface area contributed by atoms with E-state index in [2.05, 4.69) is 5.32 Å². The van der Waals surface area contributed by atoms with Crippen molar-refractivity contribution in [1.29, 1.82) is 0 Å². The van der Waals surface area contributed by atoms with Gasteiger partial charge in [0, 0.05) is 26.2 Å². The molecular formula is C24H30N2O7S. The lowest BCUT2D eigenvalue weighted by atomic mass is 10.1. The number of hydrogen-bond acceptors (Lipinski definition) is 7. The number of morpholine rings is 1. The number of nitrogens with zero attached hydrogens (tertiary/aromatic N) is 1. The van der Waals surface area contributed by atoms with Crippen molar-refractivity contribution in [2.45, 2.75) is 30.4 Å². The summed E-state index contributed by atoms with van der Waals surface area (Å²) in [6.07, 6.45) is 2.12. The molecule has 0 saturated carbocycles. The molecule has 2 aliphatic heterocycles. The molecule has 9 nitrogen and oxygen atoms in total. The maximum absolute atomic E-state index is 13.1. The zero-order chi connectivity index (χ0) is 24.0. The van der Waals surface area contributed by atoms with E-state index in [1.165, 1.54) is 16.4 Å². The van der Waals surface area contributed by atoms with Crippen LogP contribution < -0.4 is 14.8 Å².